The normalized spacial score (nSPS) is 10.8. The Balaban J connectivity index is 2.78. The topological polar surface area (TPSA) is 48.9 Å². The molecule has 12 heavy (non-hydrogen) atoms. The van der Waals surface area contributed by atoms with E-state index in [1.807, 2.05) is 0 Å². The van der Waals surface area contributed by atoms with Crippen molar-refractivity contribution in [2.45, 2.75) is 6.61 Å². The van der Waals surface area contributed by atoms with Gasteiger partial charge >= 0.3 is 0 Å². The molecule has 0 aliphatic carbocycles. The lowest BCUT2D eigenvalue weighted by atomic mass is 10.2. The molecule has 4 heteroatoms. The van der Waals surface area contributed by atoms with Crippen LogP contribution in [0.4, 0.5) is 4.39 Å². The number of nitrogens with zero attached hydrogens (tertiary/aromatic N) is 1. The van der Waals surface area contributed by atoms with Crippen molar-refractivity contribution in [1.29, 1.82) is 0 Å². The summed E-state index contributed by atoms with van der Waals surface area (Å²) >= 11 is 0. The molecule has 1 heterocycles. The average Bonchev–Trinajstić information content (AvgIpc) is 2.53. The molecular formula is C8H7FN2O. The standard InChI is InChI=1S/C8H7FN2O/c9-7-5(3-12)1-2-6-8(7)11-4-10-6/h1-2,4,12H,3H2,(H,10,11). The van der Waals surface area contributed by atoms with Crippen LogP contribution in [0.15, 0.2) is 18.5 Å². The van der Waals surface area contributed by atoms with Crippen molar-refractivity contribution >= 4 is 11.0 Å². The summed E-state index contributed by atoms with van der Waals surface area (Å²) in [5.41, 5.74) is 1.20. The first-order valence-electron chi connectivity index (χ1n) is 3.54. The Morgan fingerprint density at radius 3 is 3.08 bits per heavy atom. The van der Waals surface area contributed by atoms with Gasteiger partial charge in [-0.15, -0.1) is 0 Å². The van der Waals surface area contributed by atoms with Crippen LogP contribution in [-0.4, -0.2) is 15.1 Å². The number of hydrogen-bond donors (Lipinski definition) is 2. The van der Waals surface area contributed by atoms with Crippen LogP contribution in [0.25, 0.3) is 11.0 Å². The van der Waals surface area contributed by atoms with Crippen molar-refractivity contribution in [3.63, 3.8) is 0 Å². The minimum Gasteiger partial charge on any atom is -0.392 e. The lowest BCUT2D eigenvalue weighted by Gasteiger charge is -1.97. The van der Waals surface area contributed by atoms with E-state index in [0.717, 1.165) is 0 Å². The van der Waals surface area contributed by atoms with Crippen molar-refractivity contribution in [2.24, 2.45) is 0 Å². The molecule has 0 saturated carbocycles. The zero-order valence-electron chi connectivity index (χ0n) is 6.21. The van der Waals surface area contributed by atoms with Crippen molar-refractivity contribution < 1.29 is 9.50 Å². The molecule has 0 saturated heterocycles. The fourth-order valence-corrected chi connectivity index (χ4v) is 1.14. The van der Waals surface area contributed by atoms with Gasteiger partial charge < -0.3 is 10.1 Å². The third kappa shape index (κ3) is 0.887. The number of nitrogens with one attached hydrogen (secondary N) is 1. The highest BCUT2D eigenvalue weighted by atomic mass is 19.1. The van der Waals surface area contributed by atoms with Gasteiger partial charge in [-0.3, -0.25) is 0 Å². The van der Waals surface area contributed by atoms with E-state index in [0.29, 0.717) is 5.52 Å². The second-order valence-electron chi connectivity index (χ2n) is 2.50. The average molecular weight is 166 g/mol. The summed E-state index contributed by atoms with van der Waals surface area (Å²) in [5, 5.41) is 8.74. The number of aromatic amines is 1. The highest BCUT2D eigenvalue weighted by Crippen LogP contribution is 2.17. The zero-order chi connectivity index (χ0) is 8.55. The number of aliphatic hydroxyl groups excluding tert-OH is 1. The predicted molar refractivity (Wildman–Crippen MR) is 42.0 cm³/mol. The SMILES string of the molecule is OCc1ccc2[nH]cnc2c1F. The van der Waals surface area contributed by atoms with Crippen LogP contribution in [0.1, 0.15) is 5.56 Å². The molecule has 1 aromatic heterocycles. The Morgan fingerprint density at radius 1 is 1.50 bits per heavy atom. The maximum Gasteiger partial charge on any atom is 0.156 e. The monoisotopic (exact) mass is 166 g/mol. The van der Waals surface area contributed by atoms with Gasteiger partial charge in [0.2, 0.25) is 0 Å². The fourth-order valence-electron chi connectivity index (χ4n) is 1.14. The first-order valence-corrected chi connectivity index (χ1v) is 3.54. The molecule has 2 aromatic rings. The van der Waals surface area contributed by atoms with E-state index in [1.165, 1.54) is 12.4 Å². The van der Waals surface area contributed by atoms with Gasteiger partial charge in [-0.25, -0.2) is 9.37 Å². The molecule has 2 rings (SSSR count). The van der Waals surface area contributed by atoms with Crippen molar-refractivity contribution in [1.82, 2.24) is 9.97 Å². The molecule has 0 amide bonds. The first kappa shape index (κ1) is 7.24. The number of benzene rings is 1. The van der Waals surface area contributed by atoms with E-state index in [1.54, 1.807) is 6.07 Å². The summed E-state index contributed by atoms with van der Waals surface area (Å²) in [6.07, 6.45) is 1.43. The van der Waals surface area contributed by atoms with Crippen LogP contribution < -0.4 is 0 Å². The van der Waals surface area contributed by atoms with E-state index in [9.17, 15) is 4.39 Å². The molecule has 1 aromatic carbocycles. The summed E-state index contributed by atoms with van der Waals surface area (Å²) in [4.78, 5) is 6.56. The second-order valence-corrected chi connectivity index (χ2v) is 2.50. The highest BCUT2D eigenvalue weighted by Gasteiger charge is 2.07. The van der Waals surface area contributed by atoms with E-state index >= 15 is 0 Å². The predicted octanol–water partition coefficient (Wildman–Crippen LogP) is 1.19. The summed E-state index contributed by atoms with van der Waals surface area (Å²) in [5.74, 6) is -0.448. The number of fused-ring (bicyclic) bond motifs is 1. The van der Waals surface area contributed by atoms with Crippen LogP contribution in [0.3, 0.4) is 0 Å². The lowest BCUT2D eigenvalue weighted by molar-refractivity contribution is 0.276. The molecule has 0 aliphatic rings. The van der Waals surface area contributed by atoms with Gasteiger partial charge in [-0.05, 0) is 6.07 Å². The number of imidazole rings is 1. The molecule has 0 atom stereocenters. The number of aromatic nitrogens is 2. The number of aliphatic hydroxyl groups is 1. The zero-order valence-corrected chi connectivity index (χ0v) is 6.21. The smallest absolute Gasteiger partial charge is 0.156 e. The Hall–Kier alpha value is -1.42. The highest BCUT2D eigenvalue weighted by molar-refractivity contribution is 5.75. The summed E-state index contributed by atoms with van der Waals surface area (Å²) in [6, 6.07) is 3.23. The first-order chi connectivity index (χ1) is 5.83. The van der Waals surface area contributed by atoms with Crippen molar-refractivity contribution in [3.8, 4) is 0 Å². The van der Waals surface area contributed by atoms with Crippen LogP contribution in [0, 0.1) is 5.82 Å². The molecule has 0 radical (unpaired) electrons. The van der Waals surface area contributed by atoms with E-state index < -0.39 is 5.82 Å². The van der Waals surface area contributed by atoms with Gasteiger partial charge in [0.05, 0.1) is 18.5 Å². The van der Waals surface area contributed by atoms with Gasteiger partial charge in [-0.2, -0.15) is 0 Å². The maximum absolute atomic E-state index is 13.3. The van der Waals surface area contributed by atoms with Gasteiger partial charge in [0, 0.05) is 5.56 Å². The summed E-state index contributed by atoms with van der Waals surface area (Å²) in [7, 11) is 0. The Labute approximate surface area is 67.9 Å². The summed E-state index contributed by atoms with van der Waals surface area (Å²) < 4.78 is 13.3. The third-order valence-corrected chi connectivity index (χ3v) is 1.78. The number of rotatable bonds is 1. The third-order valence-electron chi connectivity index (χ3n) is 1.78. The number of hydrogen-bond acceptors (Lipinski definition) is 2. The molecule has 3 nitrogen and oxygen atoms in total. The van der Waals surface area contributed by atoms with E-state index in [-0.39, 0.29) is 17.7 Å². The fraction of sp³-hybridized carbons (Fsp3) is 0.125. The largest absolute Gasteiger partial charge is 0.392 e. The molecule has 0 spiro atoms. The molecule has 2 N–H and O–H groups in total. The van der Waals surface area contributed by atoms with Gasteiger partial charge in [0.1, 0.15) is 5.52 Å². The quantitative estimate of drug-likeness (QED) is 0.668. The maximum atomic E-state index is 13.3. The van der Waals surface area contributed by atoms with Crippen molar-refractivity contribution in [3.05, 3.63) is 29.8 Å². The van der Waals surface area contributed by atoms with Gasteiger partial charge in [-0.1, -0.05) is 6.07 Å². The molecular weight excluding hydrogens is 159 g/mol. The van der Waals surface area contributed by atoms with Crippen LogP contribution in [-0.2, 0) is 6.61 Å². The van der Waals surface area contributed by atoms with Crippen molar-refractivity contribution in [2.75, 3.05) is 0 Å². The van der Waals surface area contributed by atoms with Gasteiger partial charge in [0.15, 0.2) is 5.82 Å². The minimum atomic E-state index is -0.448. The van der Waals surface area contributed by atoms with Crippen LogP contribution >= 0.6 is 0 Å². The molecule has 62 valence electrons. The molecule has 0 fully saturated rings. The van der Waals surface area contributed by atoms with Crippen LogP contribution in [0.5, 0.6) is 0 Å². The van der Waals surface area contributed by atoms with Gasteiger partial charge in [0.25, 0.3) is 0 Å². The Kier molecular flexibility index (Phi) is 1.55. The lowest BCUT2D eigenvalue weighted by Crippen LogP contribution is -1.90. The molecule has 0 unspecified atom stereocenters. The minimum absolute atomic E-state index is 0.273. The number of H-pyrrole nitrogens is 1. The molecule has 0 bridgehead atoms. The summed E-state index contributed by atoms with van der Waals surface area (Å²) in [6.45, 7) is -0.297. The number of halogens is 1. The Morgan fingerprint density at radius 2 is 2.33 bits per heavy atom. The van der Waals surface area contributed by atoms with E-state index in [2.05, 4.69) is 9.97 Å². The van der Waals surface area contributed by atoms with E-state index in [4.69, 9.17) is 5.11 Å². The molecule has 0 aliphatic heterocycles. The second kappa shape index (κ2) is 2.57. The van der Waals surface area contributed by atoms with Crippen LogP contribution in [0.2, 0.25) is 0 Å². The Bertz CT molecular complexity index is 410.